The van der Waals surface area contributed by atoms with Gasteiger partial charge in [0.1, 0.15) is 12.4 Å². The minimum Gasteiger partial charge on any atom is -0.252 e. The van der Waals surface area contributed by atoms with E-state index in [2.05, 4.69) is 4.98 Å². The highest BCUT2D eigenvalue weighted by atomic mass is 19.3. The summed E-state index contributed by atoms with van der Waals surface area (Å²) in [4.78, 5) is 3.08. The molecule has 0 amide bonds. The van der Waals surface area contributed by atoms with Crippen molar-refractivity contribution in [3.05, 3.63) is 29.3 Å². The van der Waals surface area contributed by atoms with E-state index in [9.17, 15) is 17.6 Å². The van der Waals surface area contributed by atoms with Crippen molar-refractivity contribution >= 4 is 0 Å². The van der Waals surface area contributed by atoms with Gasteiger partial charge in [0.25, 0.3) is 6.43 Å². The number of rotatable bonds is 2. The molecular weight excluding hydrogens is 174 g/mol. The van der Waals surface area contributed by atoms with Crippen molar-refractivity contribution < 1.29 is 17.6 Å². The Bertz CT molecular complexity index is 274. The van der Waals surface area contributed by atoms with Crippen LogP contribution in [-0.2, 0) is 6.67 Å². The second-order valence-corrected chi connectivity index (χ2v) is 2.14. The van der Waals surface area contributed by atoms with Crippen LogP contribution in [0.2, 0.25) is 0 Å². The van der Waals surface area contributed by atoms with Crippen molar-refractivity contribution in [2.24, 2.45) is 0 Å². The Balaban J connectivity index is 3.03. The van der Waals surface area contributed by atoms with Crippen molar-refractivity contribution in [3.63, 3.8) is 0 Å². The van der Waals surface area contributed by atoms with E-state index in [1.54, 1.807) is 0 Å². The van der Waals surface area contributed by atoms with Gasteiger partial charge in [-0.1, -0.05) is 0 Å². The highest BCUT2D eigenvalue weighted by Crippen LogP contribution is 2.19. The summed E-state index contributed by atoms with van der Waals surface area (Å²) in [6, 6.07) is 0.717. The number of alkyl halides is 3. The molecule has 0 aromatic carbocycles. The predicted octanol–water partition coefficient (Wildman–Crippen LogP) is 2.63. The largest absolute Gasteiger partial charge is 0.283 e. The fourth-order valence-corrected chi connectivity index (χ4v) is 0.722. The van der Waals surface area contributed by atoms with Gasteiger partial charge in [0.2, 0.25) is 0 Å². The van der Waals surface area contributed by atoms with E-state index >= 15 is 0 Å². The molecule has 66 valence electrons. The van der Waals surface area contributed by atoms with Crippen molar-refractivity contribution in [2.45, 2.75) is 13.1 Å². The van der Waals surface area contributed by atoms with Gasteiger partial charge in [-0.2, -0.15) is 0 Å². The van der Waals surface area contributed by atoms with E-state index in [1.165, 1.54) is 0 Å². The molecule has 0 aliphatic carbocycles. The number of nitrogens with zero attached hydrogens (tertiary/aromatic N) is 1. The molecule has 0 aliphatic rings. The lowest BCUT2D eigenvalue weighted by atomic mass is 10.2. The molecule has 1 heterocycles. The van der Waals surface area contributed by atoms with Crippen LogP contribution in [0.15, 0.2) is 12.3 Å². The van der Waals surface area contributed by atoms with Gasteiger partial charge < -0.3 is 0 Å². The molecule has 1 nitrogen and oxygen atoms in total. The Hall–Kier alpha value is -1.13. The van der Waals surface area contributed by atoms with Crippen molar-refractivity contribution in [2.75, 3.05) is 0 Å². The Kier molecular flexibility index (Phi) is 2.62. The Morgan fingerprint density at radius 2 is 2.08 bits per heavy atom. The monoisotopic (exact) mass is 179 g/mol. The molecule has 0 bridgehead atoms. The Morgan fingerprint density at radius 3 is 2.50 bits per heavy atom. The zero-order chi connectivity index (χ0) is 9.14. The van der Waals surface area contributed by atoms with Crippen LogP contribution >= 0.6 is 0 Å². The maximum Gasteiger partial charge on any atom is 0.283 e. The second-order valence-electron chi connectivity index (χ2n) is 2.14. The van der Waals surface area contributed by atoms with E-state index in [-0.39, 0.29) is 5.56 Å². The van der Waals surface area contributed by atoms with E-state index < -0.39 is 24.6 Å². The summed E-state index contributed by atoms with van der Waals surface area (Å²) in [5.74, 6) is -1.17. The number of hydrogen-bond acceptors (Lipinski definition) is 1. The summed E-state index contributed by atoms with van der Waals surface area (Å²) in [6.45, 7) is -0.909. The van der Waals surface area contributed by atoms with Crippen molar-refractivity contribution in [3.8, 4) is 0 Å². The first-order chi connectivity index (χ1) is 5.65. The zero-order valence-corrected chi connectivity index (χ0v) is 5.90. The van der Waals surface area contributed by atoms with E-state index in [0.717, 1.165) is 6.20 Å². The number of aromatic nitrogens is 1. The highest BCUT2D eigenvalue weighted by molar-refractivity contribution is 5.16. The third-order valence-electron chi connectivity index (χ3n) is 1.29. The lowest BCUT2D eigenvalue weighted by molar-refractivity contribution is 0.140. The SMILES string of the molecule is FCc1cnc(C(F)F)c(F)c1. The summed E-state index contributed by atoms with van der Waals surface area (Å²) < 4.78 is 48.2. The normalized spacial score (nSPS) is 10.8. The summed E-state index contributed by atoms with van der Waals surface area (Å²) in [7, 11) is 0. The third-order valence-corrected chi connectivity index (χ3v) is 1.29. The smallest absolute Gasteiger partial charge is 0.252 e. The van der Waals surface area contributed by atoms with Crippen LogP contribution in [0.3, 0.4) is 0 Å². The van der Waals surface area contributed by atoms with E-state index in [1.807, 2.05) is 0 Å². The maximum absolute atomic E-state index is 12.6. The predicted molar refractivity (Wildman–Crippen MR) is 34.0 cm³/mol. The molecule has 1 aromatic rings. The van der Waals surface area contributed by atoms with Gasteiger partial charge in [0.15, 0.2) is 5.82 Å². The van der Waals surface area contributed by atoms with E-state index in [4.69, 9.17) is 0 Å². The van der Waals surface area contributed by atoms with Crippen molar-refractivity contribution in [1.29, 1.82) is 0 Å². The number of hydrogen-bond donors (Lipinski definition) is 0. The van der Waals surface area contributed by atoms with Crippen LogP contribution < -0.4 is 0 Å². The molecule has 12 heavy (non-hydrogen) atoms. The average molecular weight is 179 g/mol. The molecule has 0 radical (unpaired) electrons. The zero-order valence-electron chi connectivity index (χ0n) is 5.90. The Labute approximate surface area is 66.0 Å². The molecule has 0 unspecified atom stereocenters. The van der Waals surface area contributed by atoms with Gasteiger partial charge >= 0.3 is 0 Å². The minimum absolute atomic E-state index is 0.0445. The van der Waals surface area contributed by atoms with Crippen LogP contribution in [0.4, 0.5) is 17.6 Å². The van der Waals surface area contributed by atoms with Crippen LogP contribution in [-0.4, -0.2) is 4.98 Å². The van der Waals surface area contributed by atoms with Gasteiger partial charge in [-0.3, -0.25) is 4.98 Å². The van der Waals surface area contributed by atoms with E-state index in [0.29, 0.717) is 6.07 Å². The van der Waals surface area contributed by atoms with Crippen LogP contribution in [0.25, 0.3) is 0 Å². The first-order valence-electron chi connectivity index (χ1n) is 3.13. The second kappa shape index (κ2) is 3.51. The van der Waals surface area contributed by atoms with Gasteiger partial charge in [-0.15, -0.1) is 0 Å². The standard InChI is InChI=1S/C7H5F4N/c8-2-4-1-5(9)6(7(10)11)12-3-4/h1,3,7H,2H2. The molecular formula is C7H5F4N. The van der Waals surface area contributed by atoms with Gasteiger partial charge in [-0.05, 0) is 6.07 Å². The van der Waals surface area contributed by atoms with Crippen molar-refractivity contribution in [1.82, 2.24) is 4.98 Å². The molecule has 0 saturated heterocycles. The fraction of sp³-hybridized carbons (Fsp3) is 0.286. The van der Waals surface area contributed by atoms with Crippen LogP contribution in [0.5, 0.6) is 0 Å². The average Bonchev–Trinajstić information content (AvgIpc) is 2.03. The number of pyridine rings is 1. The summed E-state index contributed by atoms with van der Waals surface area (Å²) in [6.07, 6.45) is -2.07. The molecule has 0 saturated carbocycles. The highest BCUT2D eigenvalue weighted by Gasteiger charge is 2.14. The minimum atomic E-state index is -2.96. The molecule has 0 fully saturated rings. The third kappa shape index (κ3) is 1.72. The fourth-order valence-electron chi connectivity index (χ4n) is 0.722. The topological polar surface area (TPSA) is 12.9 Å². The molecule has 5 heteroatoms. The molecule has 0 atom stereocenters. The van der Waals surface area contributed by atoms with Crippen LogP contribution in [0.1, 0.15) is 17.7 Å². The summed E-state index contributed by atoms with van der Waals surface area (Å²) in [5.41, 5.74) is -0.982. The lowest BCUT2D eigenvalue weighted by Gasteiger charge is -2.00. The first kappa shape index (κ1) is 8.96. The van der Waals surface area contributed by atoms with Gasteiger partial charge in [0, 0.05) is 11.8 Å². The molecule has 1 aromatic heterocycles. The van der Waals surface area contributed by atoms with Gasteiger partial charge in [0.05, 0.1) is 0 Å². The molecule has 0 spiro atoms. The number of halogens is 4. The molecule has 0 N–H and O–H groups in total. The summed E-state index contributed by atoms with van der Waals surface area (Å²) >= 11 is 0. The molecule has 0 aliphatic heterocycles. The lowest BCUT2D eigenvalue weighted by Crippen LogP contribution is -1.96. The molecule has 1 rings (SSSR count). The van der Waals surface area contributed by atoms with Gasteiger partial charge in [-0.25, -0.2) is 17.6 Å². The quantitative estimate of drug-likeness (QED) is 0.636. The first-order valence-corrected chi connectivity index (χ1v) is 3.13. The maximum atomic E-state index is 12.6. The summed E-state index contributed by atoms with van der Waals surface area (Å²) in [5, 5.41) is 0. The van der Waals surface area contributed by atoms with Crippen LogP contribution in [0, 0.1) is 5.82 Å². The Morgan fingerprint density at radius 1 is 1.42 bits per heavy atom.